The summed E-state index contributed by atoms with van der Waals surface area (Å²) in [7, 11) is 0. The van der Waals surface area contributed by atoms with Crippen molar-refractivity contribution in [2.45, 2.75) is 50.6 Å². The largest absolute Gasteiger partial charge is 0.395 e. The second kappa shape index (κ2) is 5.83. The molecule has 0 aromatic rings. The summed E-state index contributed by atoms with van der Waals surface area (Å²) in [5, 5.41) is 15.8. The molecule has 2 aliphatic rings. The zero-order valence-corrected chi connectivity index (χ0v) is 9.54. The van der Waals surface area contributed by atoms with Gasteiger partial charge in [-0.1, -0.05) is 0 Å². The predicted octanol–water partition coefficient (Wildman–Crippen LogP) is 0.879. The number of hydrogen-bond acceptors (Lipinski definition) is 3. The quantitative estimate of drug-likeness (QED) is 0.612. The van der Waals surface area contributed by atoms with E-state index in [1.165, 1.54) is 45.1 Å². The van der Waals surface area contributed by atoms with Crippen LogP contribution in [0.2, 0.25) is 0 Å². The zero-order chi connectivity index (χ0) is 10.5. The van der Waals surface area contributed by atoms with Crippen molar-refractivity contribution in [2.24, 2.45) is 5.92 Å². The Morgan fingerprint density at radius 3 is 2.00 bits per heavy atom. The second-order valence-corrected chi connectivity index (χ2v) is 5.08. The van der Waals surface area contributed by atoms with Crippen molar-refractivity contribution in [1.29, 1.82) is 0 Å². The lowest BCUT2D eigenvalue weighted by Gasteiger charge is -2.29. The Labute approximate surface area is 92.6 Å². The summed E-state index contributed by atoms with van der Waals surface area (Å²) >= 11 is 0. The van der Waals surface area contributed by atoms with Crippen LogP contribution in [0.3, 0.4) is 0 Å². The molecule has 0 saturated heterocycles. The maximum Gasteiger partial charge on any atom is 0.0556 e. The number of nitrogens with one attached hydrogen (secondary N) is 2. The molecular formula is C12H24N2O. The standard InChI is InChI=1S/C12H24N2O/c15-8-7-13-11-3-5-12(6-4-11)14-9-10-1-2-10/h10-15H,1-9H2. The van der Waals surface area contributed by atoms with E-state index in [0.29, 0.717) is 6.04 Å². The van der Waals surface area contributed by atoms with Gasteiger partial charge in [-0.3, -0.25) is 0 Å². The van der Waals surface area contributed by atoms with Gasteiger partial charge in [-0.15, -0.1) is 0 Å². The molecule has 3 N–H and O–H groups in total. The highest BCUT2D eigenvalue weighted by atomic mass is 16.3. The van der Waals surface area contributed by atoms with Gasteiger partial charge in [-0.25, -0.2) is 0 Å². The Bertz CT molecular complexity index is 174. The van der Waals surface area contributed by atoms with Crippen LogP contribution in [0.1, 0.15) is 38.5 Å². The van der Waals surface area contributed by atoms with Gasteiger partial charge in [0, 0.05) is 18.6 Å². The van der Waals surface area contributed by atoms with Crippen molar-refractivity contribution < 1.29 is 5.11 Å². The van der Waals surface area contributed by atoms with Crippen LogP contribution in [0.4, 0.5) is 0 Å². The molecule has 2 rings (SSSR count). The van der Waals surface area contributed by atoms with Crippen LogP contribution in [0.25, 0.3) is 0 Å². The van der Waals surface area contributed by atoms with Gasteiger partial charge in [0.2, 0.25) is 0 Å². The van der Waals surface area contributed by atoms with Crippen LogP contribution >= 0.6 is 0 Å². The van der Waals surface area contributed by atoms with Crippen LogP contribution in [-0.2, 0) is 0 Å². The highest BCUT2D eigenvalue weighted by Crippen LogP contribution is 2.28. The Morgan fingerprint density at radius 1 is 0.867 bits per heavy atom. The Balaban J connectivity index is 1.54. The minimum absolute atomic E-state index is 0.264. The van der Waals surface area contributed by atoms with Crippen molar-refractivity contribution in [1.82, 2.24) is 10.6 Å². The van der Waals surface area contributed by atoms with Crippen molar-refractivity contribution in [3.63, 3.8) is 0 Å². The van der Waals surface area contributed by atoms with Crippen LogP contribution in [0.5, 0.6) is 0 Å². The molecule has 0 spiro atoms. The third kappa shape index (κ3) is 4.09. The molecule has 15 heavy (non-hydrogen) atoms. The predicted molar refractivity (Wildman–Crippen MR) is 61.9 cm³/mol. The number of rotatable bonds is 6. The number of aliphatic hydroxyl groups is 1. The maximum absolute atomic E-state index is 8.73. The van der Waals surface area contributed by atoms with Gasteiger partial charge < -0.3 is 15.7 Å². The topological polar surface area (TPSA) is 44.3 Å². The first-order valence-electron chi connectivity index (χ1n) is 6.46. The molecule has 2 saturated carbocycles. The summed E-state index contributed by atoms with van der Waals surface area (Å²) in [5.41, 5.74) is 0. The Hall–Kier alpha value is -0.120. The fourth-order valence-electron chi connectivity index (χ4n) is 2.43. The van der Waals surface area contributed by atoms with E-state index in [0.717, 1.165) is 18.5 Å². The Kier molecular flexibility index (Phi) is 4.42. The molecule has 3 heteroatoms. The van der Waals surface area contributed by atoms with Gasteiger partial charge in [0.05, 0.1) is 6.61 Å². The molecule has 0 aliphatic heterocycles. The molecule has 0 amide bonds. The van der Waals surface area contributed by atoms with Crippen LogP contribution in [0.15, 0.2) is 0 Å². The first-order valence-corrected chi connectivity index (χ1v) is 6.46. The first kappa shape index (κ1) is 11.4. The van der Waals surface area contributed by atoms with Gasteiger partial charge in [0.15, 0.2) is 0 Å². The Morgan fingerprint density at radius 2 is 1.47 bits per heavy atom. The minimum atomic E-state index is 0.264. The van der Waals surface area contributed by atoms with Gasteiger partial charge >= 0.3 is 0 Å². The van der Waals surface area contributed by atoms with Gasteiger partial charge in [0.25, 0.3) is 0 Å². The van der Waals surface area contributed by atoms with Crippen LogP contribution in [0, 0.1) is 5.92 Å². The average Bonchev–Trinajstić information content (AvgIpc) is 3.09. The van der Waals surface area contributed by atoms with Crippen LogP contribution < -0.4 is 10.6 Å². The van der Waals surface area contributed by atoms with E-state index >= 15 is 0 Å². The van der Waals surface area contributed by atoms with E-state index in [9.17, 15) is 0 Å². The molecule has 0 bridgehead atoms. The summed E-state index contributed by atoms with van der Waals surface area (Å²) < 4.78 is 0. The molecule has 0 heterocycles. The summed E-state index contributed by atoms with van der Waals surface area (Å²) in [5.74, 6) is 0.996. The van der Waals surface area contributed by atoms with Gasteiger partial charge in [0.1, 0.15) is 0 Å². The minimum Gasteiger partial charge on any atom is -0.395 e. The van der Waals surface area contributed by atoms with E-state index < -0.39 is 0 Å². The molecule has 3 nitrogen and oxygen atoms in total. The first-order chi connectivity index (χ1) is 7.38. The molecule has 2 aliphatic carbocycles. The molecule has 0 aromatic carbocycles. The van der Waals surface area contributed by atoms with E-state index in [1.807, 2.05) is 0 Å². The van der Waals surface area contributed by atoms with E-state index in [2.05, 4.69) is 10.6 Å². The molecule has 88 valence electrons. The average molecular weight is 212 g/mol. The third-order valence-electron chi connectivity index (χ3n) is 3.66. The lowest BCUT2D eigenvalue weighted by atomic mass is 9.91. The van der Waals surface area contributed by atoms with Gasteiger partial charge in [-0.05, 0) is 51.0 Å². The summed E-state index contributed by atoms with van der Waals surface area (Å²) in [6, 6.07) is 1.41. The molecule has 0 radical (unpaired) electrons. The summed E-state index contributed by atoms with van der Waals surface area (Å²) in [6.07, 6.45) is 8.02. The lowest BCUT2D eigenvalue weighted by Crippen LogP contribution is -2.41. The van der Waals surface area contributed by atoms with E-state index in [1.54, 1.807) is 0 Å². The fraction of sp³-hybridized carbons (Fsp3) is 1.00. The second-order valence-electron chi connectivity index (χ2n) is 5.08. The van der Waals surface area contributed by atoms with E-state index in [-0.39, 0.29) is 6.61 Å². The molecule has 0 aromatic heterocycles. The lowest BCUT2D eigenvalue weighted by molar-refractivity contribution is 0.259. The van der Waals surface area contributed by atoms with E-state index in [4.69, 9.17) is 5.11 Å². The van der Waals surface area contributed by atoms with Crippen molar-refractivity contribution in [3.05, 3.63) is 0 Å². The molecule has 2 fully saturated rings. The molecular weight excluding hydrogens is 188 g/mol. The number of aliphatic hydroxyl groups excluding tert-OH is 1. The van der Waals surface area contributed by atoms with Crippen molar-refractivity contribution in [3.8, 4) is 0 Å². The maximum atomic E-state index is 8.73. The number of hydrogen-bond donors (Lipinski definition) is 3. The summed E-state index contributed by atoms with van der Waals surface area (Å²) in [6.45, 7) is 2.27. The SMILES string of the molecule is OCCNC1CCC(NCC2CC2)CC1. The zero-order valence-electron chi connectivity index (χ0n) is 9.54. The molecule has 0 unspecified atom stereocenters. The molecule has 0 atom stereocenters. The highest BCUT2D eigenvalue weighted by Gasteiger charge is 2.24. The fourth-order valence-corrected chi connectivity index (χ4v) is 2.43. The third-order valence-corrected chi connectivity index (χ3v) is 3.66. The smallest absolute Gasteiger partial charge is 0.0556 e. The van der Waals surface area contributed by atoms with Gasteiger partial charge in [-0.2, -0.15) is 0 Å². The van der Waals surface area contributed by atoms with Crippen LogP contribution in [-0.4, -0.2) is 36.9 Å². The summed E-state index contributed by atoms with van der Waals surface area (Å²) in [4.78, 5) is 0. The van der Waals surface area contributed by atoms with Crippen molar-refractivity contribution in [2.75, 3.05) is 19.7 Å². The normalized spacial score (nSPS) is 31.8. The monoisotopic (exact) mass is 212 g/mol. The van der Waals surface area contributed by atoms with Crippen molar-refractivity contribution >= 4 is 0 Å². The highest BCUT2D eigenvalue weighted by molar-refractivity contribution is 4.83.